The lowest BCUT2D eigenvalue weighted by Gasteiger charge is -2.06. The molecule has 0 radical (unpaired) electrons. The van der Waals surface area contributed by atoms with Gasteiger partial charge in [-0.2, -0.15) is 0 Å². The van der Waals surface area contributed by atoms with Gasteiger partial charge in [-0.25, -0.2) is 4.39 Å². The van der Waals surface area contributed by atoms with Crippen LogP contribution in [0.1, 0.15) is 36.3 Å². The Hall–Kier alpha value is -0.890. The van der Waals surface area contributed by atoms with Crippen molar-refractivity contribution >= 4 is 0 Å². The molecular weight excluding hydrogens is 177 g/mol. The molecule has 14 heavy (non-hydrogen) atoms. The van der Waals surface area contributed by atoms with Crippen molar-refractivity contribution in [3.63, 3.8) is 0 Å². The van der Waals surface area contributed by atoms with E-state index >= 15 is 0 Å². The summed E-state index contributed by atoms with van der Waals surface area (Å²) in [4.78, 5) is 0. The molecule has 1 aromatic carbocycles. The zero-order valence-electron chi connectivity index (χ0n) is 8.09. The van der Waals surface area contributed by atoms with Crippen molar-refractivity contribution in [2.24, 2.45) is 5.73 Å². The smallest absolute Gasteiger partial charge is 0.123 e. The van der Waals surface area contributed by atoms with E-state index in [9.17, 15) is 4.39 Å². The van der Waals surface area contributed by atoms with E-state index in [1.807, 2.05) is 6.07 Å². The SMILES string of the molecule is NCC1CC2(CC2)c2cc(F)ccc21. The van der Waals surface area contributed by atoms with Crippen LogP contribution >= 0.6 is 0 Å². The molecule has 0 saturated heterocycles. The summed E-state index contributed by atoms with van der Waals surface area (Å²) in [5.74, 6) is 0.362. The fourth-order valence-electron chi connectivity index (χ4n) is 2.87. The Labute approximate surface area is 83.1 Å². The molecule has 2 aliphatic rings. The van der Waals surface area contributed by atoms with Crippen LogP contribution < -0.4 is 5.73 Å². The summed E-state index contributed by atoms with van der Waals surface area (Å²) in [5.41, 5.74) is 8.60. The van der Waals surface area contributed by atoms with Gasteiger partial charge in [0.1, 0.15) is 5.82 Å². The Morgan fingerprint density at radius 3 is 2.86 bits per heavy atom. The number of hydrogen-bond acceptors (Lipinski definition) is 1. The van der Waals surface area contributed by atoms with Crippen molar-refractivity contribution in [3.05, 3.63) is 35.1 Å². The average Bonchev–Trinajstić information content (AvgIpc) is 2.88. The van der Waals surface area contributed by atoms with E-state index in [4.69, 9.17) is 5.73 Å². The third-order valence-corrected chi connectivity index (χ3v) is 3.80. The molecule has 0 aliphatic heterocycles. The number of halogens is 1. The average molecular weight is 191 g/mol. The van der Waals surface area contributed by atoms with Crippen molar-refractivity contribution < 1.29 is 4.39 Å². The van der Waals surface area contributed by atoms with Gasteiger partial charge in [0.2, 0.25) is 0 Å². The van der Waals surface area contributed by atoms with E-state index in [-0.39, 0.29) is 5.82 Å². The molecule has 1 unspecified atom stereocenters. The number of fused-ring (bicyclic) bond motifs is 2. The molecule has 1 saturated carbocycles. The molecule has 2 aliphatic carbocycles. The minimum atomic E-state index is -0.104. The standard InChI is InChI=1S/C12H14FN/c13-9-1-2-10-8(7-14)6-12(3-4-12)11(10)5-9/h1-2,5,8H,3-4,6-7,14H2. The van der Waals surface area contributed by atoms with Crippen molar-refractivity contribution in [2.45, 2.75) is 30.6 Å². The van der Waals surface area contributed by atoms with Crippen LogP contribution in [0.4, 0.5) is 4.39 Å². The Balaban J connectivity index is 2.14. The minimum Gasteiger partial charge on any atom is -0.330 e. The highest BCUT2D eigenvalue weighted by Crippen LogP contribution is 2.60. The summed E-state index contributed by atoms with van der Waals surface area (Å²) in [6.07, 6.45) is 3.59. The third-order valence-electron chi connectivity index (χ3n) is 3.80. The van der Waals surface area contributed by atoms with E-state index in [0.717, 1.165) is 6.42 Å². The van der Waals surface area contributed by atoms with Gasteiger partial charge < -0.3 is 5.73 Å². The summed E-state index contributed by atoms with van der Waals surface area (Å²) in [6.45, 7) is 0.695. The number of benzene rings is 1. The lowest BCUT2D eigenvalue weighted by Crippen LogP contribution is -2.10. The second-order valence-corrected chi connectivity index (χ2v) is 4.65. The van der Waals surface area contributed by atoms with Crippen molar-refractivity contribution in [3.8, 4) is 0 Å². The highest BCUT2D eigenvalue weighted by molar-refractivity contribution is 5.46. The van der Waals surface area contributed by atoms with Crippen LogP contribution in [0.2, 0.25) is 0 Å². The zero-order chi connectivity index (χ0) is 9.76. The molecule has 0 bridgehead atoms. The van der Waals surface area contributed by atoms with Crippen LogP contribution in [0.15, 0.2) is 18.2 Å². The first kappa shape index (κ1) is 8.42. The molecule has 74 valence electrons. The summed E-state index contributed by atoms with van der Waals surface area (Å²) < 4.78 is 13.1. The van der Waals surface area contributed by atoms with E-state index < -0.39 is 0 Å². The van der Waals surface area contributed by atoms with Crippen molar-refractivity contribution in [1.29, 1.82) is 0 Å². The van der Waals surface area contributed by atoms with Gasteiger partial charge in [0, 0.05) is 0 Å². The molecular formula is C12H14FN. The second-order valence-electron chi connectivity index (χ2n) is 4.65. The van der Waals surface area contributed by atoms with E-state index in [2.05, 4.69) is 0 Å². The molecule has 1 nitrogen and oxygen atoms in total. The lowest BCUT2D eigenvalue weighted by atomic mass is 9.98. The van der Waals surface area contributed by atoms with Crippen molar-refractivity contribution in [2.75, 3.05) is 6.54 Å². The van der Waals surface area contributed by atoms with Crippen LogP contribution in [0.3, 0.4) is 0 Å². The monoisotopic (exact) mass is 191 g/mol. The molecule has 1 atom stereocenters. The van der Waals surface area contributed by atoms with Crippen LogP contribution in [0.5, 0.6) is 0 Å². The van der Waals surface area contributed by atoms with Gasteiger partial charge in [0.15, 0.2) is 0 Å². The van der Waals surface area contributed by atoms with Gasteiger partial charge in [0.05, 0.1) is 0 Å². The van der Waals surface area contributed by atoms with Gasteiger partial charge in [-0.15, -0.1) is 0 Å². The van der Waals surface area contributed by atoms with Crippen LogP contribution in [0.25, 0.3) is 0 Å². The first-order valence-electron chi connectivity index (χ1n) is 5.25. The molecule has 1 fully saturated rings. The van der Waals surface area contributed by atoms with E-state index in [1.54, 1.807) is 12.1 Å². The molecule has 2 N–H and O–H groups in total. The fraction of sp³-hybridized carbons (Fsp3) is 0.500. The highest BCUT2D eigenvalue weighted by Gasteiger charge is 2.51. The molecule has 0 amide bonds. The summed E-state index contributed by atoms with van der Waals surface area (Å²) in [5, 5.41) is 0. The Kier molecular flexibility index (Phi) is 1.55. The van der Waals surface area contributed by atoms with Gasteiger partial charge in [-0.1, -0.05) is 6.07 Å². The quantitative estimate of drug-likeness (QED) is 0.724. The molecule has 3 rings (SSSR count). The summed E-state index contributed by atoms with van der Waals surface area (Å²) in [6, 6.07) is 5.20. The predicted octanol–water partition coefficient (Wildman–Crippen LogP) is 2.30. The maximum Gasteiger partial charge on any atom is 0.123 e. The predicted molar refractivity (Wildman–Crippen MR) is 53.7 cm³/mol. The normalized spacial score (nSPS) is 26.6. The zero-order valence-corrected chi connectivity index (χ0v) is 8.09. The molecule has 0 aromatic heterocycles. The minimum absolute atomic E-state index is 0.104. The Morgan fingerprint density at radius 2 is 2.21 bits per heavy atom. The molecule has 2 heteroatoms. The highest BCUT2D eigenvalue weighted by atomic mass is 19.1. The maximum atomic E-state index is 13.1. The maximum absolute atomic E-state index is 13.1. The Morgan fingerprint density at radius 1 is 1.43 bits per heavy atom. The van der Waals surface area contributed by atoms with Gasteiger partial charge in [-0.05, 0) is 60.4 Å². The first-order chi connectivity index (χ1) is 6.75. The summed E-state index contributed by atoms with van der Waals surface area (Å²) in [7, 11) is 0. The second kappa shape index (κ2) is 2.57. The van der Waals surface area contributed by atoms with E-state index in [0.29, 0.717) is 17.9 Å². The topological polar surface area (TPSA) is 26.0 Å². The van der Waals surface area contributed by atoms with Crippen LogP contribution in [-0.4, -0.2) is 6.54 Å². The Bertz CT molecular complexity index is 382. The third kappa shape index (κ3) is 0.976. The fourth-order valence-corrected chi connectivity index (χ4v) is 2.87. The largest absolute Gasteiger partial charge is 0.330 e. The van der Waals surface area contributed by atoms with Crippen molar-refractivity contribution in [1.82, 2.24) is 0 Å². The molecule has 1 aromatic rings. The summed E-state index contributed by atoms with van der Waals surface area (Å²) >= 11 is 0. The first-order valence-corrected chi connectivity index (χ1v) is 5.25. The van der Waals surface area contributed by atoms with Crippen LogP contribution in [0, 0.1) is 5.82 Å². The molecule has 1 spiro atoms. The van der Waals surface area contributed by atoms with E-state index in [1.165, 1.54) is 24.0 Å². The molecule has 0 heterocycles. The number of nitrogens with two attached hydrogens (primary N) is 1. The van der Waals surface area contributed by atoms with Gasteiger partial charge >= 0.3 is 0 Å². The van der Waals surface area contributed by atoms with Crippen LogP contribution in [-0.2, 0) is 5.41 Å². The lowest BCUT2D eigenvalue weighted by molar-refractivity contribution is 0.584. The number of rotatable bonds is 1. The van der Waals surface area contributed by atoms with Gasteiger partial charge in [0.25, 0.3) is 0 Å². The van der Waals surface area contributed by atoms with Gasteiger partial charge in [-0.3, -0.25) is 0 Å². The number of hydrogen-bond donors (Lipinski definition) is 1.